The minimum Gasteiger partial charge on any atom is -0.444 e. The number of amides is 1. The maximum Gasteiger partial charge on any atom is 0.492 e. The molecule has 154 valence electrons. The van der Waals surface area contributed by atoms with Crippen LogP contribution in [0.25, 0.3) is 6.08 Å². The molecule has 0 spiro atoms. The smallest absolute Gasteiger partial charge is 0.444 e. The van der Waals surface area contributed by atoms with E-state index in [1.165, 1.54) is 0 Å². The van der Waals surface area contributed by atoms with E-state index in [1.807, 2.05) is 78.8 Å². The zero-order valence-corrected chi connectivity index (χ0v) is 18.1. The molecule has 1 aliphatic heterocycles. The molecule has 7 heteroatoms. The number of nitrogens with one attached hydrogen (secondary N) is 1. The highest BCUT2D eigenvalue weighted by atomic mass is 16.7. The van der Waals surface area contributed by atoms with Gasteiger partial charge in [0, 0.05) is 13.1 Å². The zero-order valence-electron chi connectivity index (χ0n) is 18.1. The van der Waals surface area contributed by atoms with Crippen molar-refractivity contribution in [1.29, 1.82) is 0 Å². The van der Waals surface area contributed by atoms with Gasteiger partial charge in [0.1, 0.15) is 5.60 Å². The lowest BCUT2D eigenvalue weighted by Gasteiger charge is -2.32. The summed E-state index contributed by atoms with van der Waals surface area (Å²) >= 11 is 0. The highest BCUT2D eigenvalue weighted by Crippen LogP contribution is 2.38. The first-order valence-electron chi connectivity index (χ1n) is 9.65. The van der Waals surface area contributed by atoms with E-state index in [-0.39, 0.29) is 6.54 Å². The van der Waals surface area contributed by atoms with Gasteiger partial charge in [-0.15, -0.1) is 0 Å². The van der Waals surface area contributed by atoms with E-state index >= 15 is 0 Å². The van der Waals surface area contributed by atoms with Crippen molar-refractivity contribution in [3.63, 3.8) is 0 Å². The molecule has 0 atom stereocenters. The predicted molar refractivity (Wildman–Crippen MR) is 113 cm³/mol. The second kappa shape index (κ2) is 8.27. The Labute approximate surface area is 168 Å². The van der Waals surface area contributed by atoms with E-state index < -0.39 is 30.0 Å². The van der Waals surface area contributed by atoms with Crippen LogP contribution in [0, 0.1) is 0 Å². The lowest BCUT2D eigenvalue weighted by atomic mass is 9.76. The van der Waals surface area contributed by atoms with Crippen molar-refractivity contribution in [2.24, 2.45) is 5.73 Å². The standard InChI is InChI=1S/C21H33BN2O4/c1-19(2,3)26-18(25)24-14-17(12-15-10-8-9-11-16(15)13-23)22-27-20(4,5)21(6,7)28-22/h8-12H,13-14,23H2,1-7H3,(H,24,25). The molecule has 3 N–H and O–H groups in total. The zero-order chi connectivity index (χ0) is 21.2. The third-order valence-corrected chi connectivity index (χ3v) is 5.01. The molecule has 28 heavy (non-hydrogen) atoms. The van der Waals surface area contributed by atoms with Crippen LogP contribution in [-0.2, 0) is 20.6 Å². The van der Waals surface area contributed by atoms with Gasteiger partial charge in [0.25, 0.3) is 0 Å². The van der Waals surface area contributed by atoms with E-state index in [9.17, 15) is 4.79 Å². The normalized spacial score (nSPS) is 18.9. The fourth-order valence-corrected chi connectivity index (χ4v) is 2.75. The molecule has 6 nitrogen and oxygen atoms in total. The molecule has 1 heterocycles. The first kappa shape index (κ1) is 22.5. The van der Waals surface area contributed by atoms with Crippen LogP contribution in [0.4, 0.5) is 4.79 Å². The maximum atomic E-state index is 12.1. The lowest BCUT2D eigenvalue weighted by molar-refractivity contribution is 0.00578. The Morgan fingerprint density at radius 1 is 1.18 bits per heavy atom. The Balaban J connectivity index is 2.29. The van der Waals surface area contributed by atoms with Crippen LogP contribution in [0.5, 0.6) is 0 Å². The van der Waals surface area contributed by atoms with Crippen molar-refractivity contribution in [3.05, 3.63) is 40.9 Å². The molecule has 1 saturated heterocycles. The van der Waals surface area contributed by atoms with Gasteiger partial charge in [-0.1, -0.05) is 30.3 Å². The Kier molecular flexibility index (Phi) is 6.64. The van der Waals surface area contributed by atoms with Crippen molar-refractivity contribution in [2.75, 3.05) is 6.54 Å². The van der Waals surface area contributed by atoms with Gasteiger partial charge in [0.15, 0.2) is 0 Å². The van der Waals surface area contributed by atoms with Crippen LogP contribution in [0.3, 0.4) is 0 Å². The van der Waals surface area contributed by atoms with Crippen LogP contribution in [-0.4, -0.2) is 36.6 Å². The van der Waals surface area contributed by atoms with Gasteiger partial charge in [0.05, 0.1) is 11.2 Å². The van der Waals surface area contributed by atoms with E-state index in [0.717, 1.165) is 16.6 Å². The van der Waals surface area contributed by atoms with E-state index in [1.54, 1.807) is 0 Å². The quantitative estimate of drug-likeness (QED) is 0.752. The van der Waals surface area contributed by atoms with Crippen LogP contribution in [0.2, 0.25) is 0 Å². The number of rotatable bonds is 5. The summed E-state index contributed by atoms with van der Waals surface area (Å²) < 4.78 is 17.7. The average Bonchev–Trinajstić information content (AvgIpc) is 2.78. The SMILES string of the molecule is CC(C)(C)OC(=O)NCC(=Cc1ccccc1CN)B1OC(C)(C)C(C)(C)O1. The van der Waals surface area contributed by atoms with Crippen molar-refractivity contribution >= 4 is 19.3 Å². The van der Waals surface area contributed by atoms with Crippen LogP contribution < -0.4 is 11.1 Å². The largest absolute Gasteiger partial charge is 0.492 e. The summed E-state index contributed by atoms with van der Waals surface area (Å²) in [4.78, 5) is 12.1. The molecular formula is C21H33BN2O4. The van der Waals surface area contributed by atoms with E-state index in [2.05, 4.69) is 5.32 Å². The molecule has 0 aromatic heterocycles. The first-order valence-corrected chi connectivity index (χ1v) is 9.65. The second-order valence-corrected chi connectivity index (χ2v) is 9.07. The van der Waals surface area contributed by atoms with Crippen molar-refractivity contribution in [3.8, 4) is 0 Å². The van der Waals surface area contributed by atoms with Crippen molar-refractivity contribution < 1.29 is 18.8 Å². The van der Waals surface area contributed by atoms with Crippen LogP contribution in [0.15, 0.2) is 29.7 Å². The van der Waals surface area contributed by atoms with Gasteiger partial charge in [-0.05, 0) is 65.1 Å². The summed E-state index contributed by atoms with van der Waals surface area (Å²) in [6, 6.07) is 7.87. The third-order valence-electron chi connectivity index (χ3n) is 5.01. The van der Waals surface area contributed by atoms with Crippen LogP contribution in [0.1, 0.15) is 59.6 Å². The predicted octanol–water partition coefficient (Wildman–Crippen LogP) is 3.68. The number of carbonyl (C=O) groups is 1. The Morgan fingerprint density at radius 3 is 2.29 bits per heavy atom. The van der Waals surface area contributed by atoms with E-state index in [4.69, 9.17) is 19.8 Å². The molecule has 2 rings (SSSR count). The molecule has 1 amide bonds. The molecular weight excluding hydrogens is 355 g/mol. The number of alkyl carbamates (subject to hydrolysis) is 1. The van der Waals surface area contributed by atoms with E-state index in [0.29, 0.717) is 6.54 Å². The molecule has 0 radical (unpaired) electrons. The first-order chi connectivity index (χ1) is 12.8. The molecule has 1 aromatic carbocycles. The van der Waals surface area contributed by atoms with Gasteiger partial charge in [-0.25, -0.2) is 4.79 Å². The minimum atomic E-state index is -0.578. The topological polar surface area (TPSA) is 82.8 Å². The monoisotopic (exact) mass is 388 g/mol. The summed E-state index contributed by atoms with van der Waals surface area (Å²) in [5, 5.41) is 2.81. The maximum absolute atomic E-state index is 12.1. The number of nitrogens with two attached hydrogens (primary N) is 1. The fraction of sp³-hybridized carbons (Fsp3) is 0.571. The summed E-state index contributed by atoms with van der Waals surface area (Å²) in [5.74, 6) is 0. The van der Waals surface area contributed by atoms with Gasteiger partial charge < -0.3 is 25.1 Å². The number of hydrogen-bond donors (Lipinski definition) is 2. The van der Waals surface area contributed by atoms with Gasteiger partial charge in [0.2, 0.25) is 0 Å². The Hall–Kier alpha value is -1.83. The highest BCUT2D eigenvalue weighted by molar-refractivity contribution is 6.56. The fourth-order valence-electron chi connectivity index (χ4n) is 2.75. The average molecular weight is 388 g/mol. The number of benzene rings is 1. The lowest BCUT2D eigenvalue weighted by Crippen LogP contribution is -2.41. The summed E-state index contributed by atoms with van der Waals surface area (Å²) in [6.07, 6.45) is 1.49. The number of hydrogen-bond acceptors (Lipinski definition) is 5. The van der Waals surface area contributed by atoms with Gasteiger partial charge in [-0.3, -0.25) is 0 Å². The van der Waals surface area contributed by atoms with Crippen LogP contribution >= 0.6 is 0 Å². The van der Waals surface area contributed by atoms with Gasteiger partial charge in [-0.2, -0.15) is 0 Å². The molecule has 1 aliphatic rings. The number of carbonyl (C=O) groups excluding carboxylic acids is 1. The van der Waals surface area contributed by atoms with Gasteiger partial charge >= 0.3 is 13.2 Å². The van der Waals surface area contributed by atoms with Crippen molar-refractivity contribution in [2.45, 2.75) is 71.8 Å². The molecule has 0 aliphatic carbocycles. The third kappa shape index (κ3) is 5.59. The Bertz CT molecular complexity index is 722. The second-order valence-electron chi connectivity index (χ2n) is 9.07. The molecule has 0 unspecified atom stereocenters. The Morgan fingerprint density at radius 2 is 1.75 bits per heavy atom. The summed E-state index contributed by atoms with van der Waals surface area (Å²) in [7, 11) is -0.578. The number of ether oxygens (including phenoxy) is 1. The minimum absolute atomic E-state index is 0.241. The molecule has 1 aromatic rings. The molecule has 1 fully saturated rings. The highest BCUT2D eigenvalue weighted by Gasteiger charge is 2.52. The van der Waals surface area contributed by atoms with Crippen molar-refractivity contribution in [1.82, 2.24) is 5.32 Å². The molecule has 0 saturated carbocycles. The summed E-state index contributed by atoms with van der Waals surface area (Å²) in [5.41, 5.74) is 7.14. The molecule has 0 bridgehead atoms. The summed E-state index contributed by atoms with van der Waals surface area (Å²) in [6.45, 7) is 14.1.